The molecular formula is C15H24N2O2S. The summed E-state index contributed by atoms with van der Waals surface area (Å²) >= 11 is 0. The van der Waals surface area contributed by atoms with Gasteiger partial charge in [0.15, 0.2) is 0 Å². The normalized spacial score (nSPS) is 16.1. The molecule has 0 unspecified atom stereocenters. The summed E-state index contributed by atoms with van der Waals surface area (Å²) in [4.78, 5) is 0. The van der Waals surface area contributed by atoms with E-state index in [9.17, 15) is 8.42 Å². The Morgan fingerprint density at radius 2 is 1.85 bits per heavy atom. The highest BCUT2D eigenvalue weighted by atomic mass is 32.2. The minimum atomic E-state index is -3.30. The van der Waals surface area contributed by atoms with E-state index in [0.29, 0.717) is 18.3 Å². The summed E-state index contributed by atoms with van der Waals surface area (Å²) in [6.45, 7) is 6.75. The highest BCUT2D eigenvalue weighted by molar-refractivity contribution is 7.92. The van der Waals surface area contributed by atoms with Crippen LogP contribution in [-0.2, 0) is 15.4 Å². The molecule has 1 saturated carbocycles. The number of rotatable bonds is 6. The molecule has 1 aliphatic carbocycles. The van der Waals surface area contributed by atoms with Crippen LogP contribution in [0.15, 0.2) is 24.3 Å². The lowest BCUT2D eigenvalue weighted by molar-refractivity contribution is 0.588. The van der Waals surface area contributed by atoms with Crippen molar-refractivity contribution in [3.8, 4) is 0 Å². The van der Waals surface area contributed by atoms with Gasteiger partial charge in [0.2, 0.25) is 10.0 Å². The first-order valence-electron chi connectivity index (χ1n) is 7.11. The fraction of sp³-hybridized carbons (Fsp3) is 0.600. The average molecular weight is 296 g/mol. The molecule has 4 nitrogen and oxygen atoms in total. The standard InChI is InChI=1S/C15H24N2O2S/c1-15(2,3)13-6-4-5-7-14(13)17-20(18,19)11-10-16-12-8-9-12/h4-7,12,16-17H,8-11H2,1-3H3. The Morgan fingerprint density at radius 3 is 2.45 bits per heavy atom. The van der Waals surface area contributed by atoms with Gasteiger partial charge in [0.05, 0.1) is 11.4 Å². The van der Waals surface area contributed by atoms with Gasteiger partial charge in [0, 0.05) is 12.6 Å². The van der Waals surface area contributed by atoms with E-state index >= 15 is 0 Å². The molecule has 1 aromatic rings. The number of nitrogens with one attached hydrogen (secondary N) is 2. The molecule has 20 heavy (non-hydrogen) atoms. The van der Waals surface area contributed by atoms with Crippen molar-refractivity contribution in [1.82, 2.24) is 5.32 Å². The molecule has 0 radical (unpaired) electrons. The summed E-state index contributed by atoms with van der Waals surface area (Å²) in [5.41, 5.74) is 1.61. The third-order valence-electron chi connectivity index (χ3n) is 3.38. The van der Waals surface area contributed by atoms with Crippen molar-refractivity contribution < 1.29 is 8.42 Å². The lowest BCUT2D eigenvalue weighted by Gasteiger charge is -2.23. The van der Waals surface area contributed by atoms with Crippen LogP contribution in [0.4, 0.5) is 5.69 Å². The molecule has 0 spiro atoms. The van der Waals surface area contributed by atoms with Gasteiger partial charge in [-0.25, -0.2) is 8.42 Å². The van der Waals surface area contributed by atoms with Crippen LogP contribution >= 0.6 is 0 Å². The highest BCUT2D eigenvalue weighted by Crippen LogP contribution is 2.29. The molecule has 0 saturated heterocycles. The molecule has 0 heterocycles. The number of hydrogen-bond acceptors (Lipinski definition) is 3. The molecule has 1 fully saturated rings. The summed E-state index contributed by atoms with van der Waals surface area (Å²) in [6, 6.07) is 8.13. The smallest absolute Gasteiger partial charge is 0.233 e. The quantitative estimate of drug-likeness (QED) is 0.848. The van der Waals surface area contributed by atoms with Crippen LogP contribution in [0.25, 0.3) is 0 Å². The van der Waals surface area contributed by atoms with Gasteiger partial charge in [-0.15, -0.1) is 0 Å². The summed E-state index contributed by atoms with van der Waals surface area (Å²) < 4.78 is 27.0. The van der Waals surface area contributed by atoms with Crippen LogP contribution in [0.5, 0.6) is 0 Å². The second-order valence-electron chi connectivity index (χ2n) is 6.44. The number of anilines is 1. The zero-order valence-corrected chi connectivity index (χ0v) is 13.3. The largest absolute Gasteiger partial charge is 0.313 e. The molecule has 5 heteroatoms. The van der Waals surface area contributed by atoms with E-state index in [1.54, 1.807) is 0 Å². The molecule has 0 aromatic heterocycles. The van der Waals surface area contributed by atoms with Crippen molar-refractivity contribution >= 4 is 15.7 Å². The van der Waals surface area contributed by atoms with E-state index in [0.717, 1.165) is 5.56 Å². The SMILES string of the molecule is CC(C)(C)c1ccccc1NS(=O)(=O)CCNC1CC1. The molecular weight excluding hydrogens is 272 g/mol. The van der Waals surface area contributed by atoms with Crippen LogP contribution in [-0.4, -0.2) is 26.8 Å². The molecule has 2 rings (SSSR count). The van der Waals surface area contributed by atoms with E-state index in [4.69, 9.17) is 0 Å². The first kappa shape index (κ1) is 15.3. The molecule has 0 aliphatic heterocycles. The average Bonchev–Trinajstić information content (AvgIpc) is 3.11. The summed E-state index contributed by atoms with van der Waals surface area (Å²) in [5, 5.41) is 3.22. The lowest BCUT2D eigenvalue weighted by atomic mass is 9.86. The van der Waals surface area contributed by atoms with E-state index in [-0.39, 0.29) is 11.2 Å². The van der Waals surface area contributed by atoms with E-state index in [2.05, 4.69) is 30.8 Å². The van der Waals surface area contributed by atoms with Crippen LogP contribution < -0.4 is 10.0 Å². The van der Waals surface area contributed by atoms with Crippen LogP contribution in [0, 0.1) is 0 Å². The zero-order chi connectivity index (χ0) is 14.8. The number of hydrogen-bond donors (Lipinski definition) is 2. The van der Waals surface area contributed by atoms with E-state index in [1.807, 2.05) is 24.3 Å². The molecule has 0 amide bonds. The minimum absolute atomic E-state index is 0.0919. The second-order valence-corrected chi connectivity index (χ2v) is 8.29. The fourth-order valence-electron chi connectivity index (χ4n) is 2.13. The minimum Gasteiger partial charge on any atom is -0.313 e. The predicted octanol–water partition coefficient (Wildman–Crippen LogP) is 2.48. The monoisotopic (exact) mass is 296 g/mol. The van der Waals surface area contributed by atoms with E-state index < -0.39 is 10.0 Å². The number of benzene rings is 1. The maximum Gasteiger partial charge on any atom is 0.233 e. The van der Waals surface area contributed by atoms with Gasteiger partial charge in [-0.05, 0) is 29.9 Å². The molecule has 1 aromatic carbocycles. The van der Waals surface area contributed by atoms with Crippen LogP contribution in [0.1, 0.15) is 39.2 Å². The van der Waals surface area contributed by atoms with Crippen molar-refractivity contribution in [2.75, 3.05) is 17.0 Å². The zero-order valence-electron chi connectivity index (χ0n) is 12.4. The summed E-state index contributed by atoms with van der Waals surface area (Å²) in [7, 11) is -3.30. The van der Waals surface area contributed by atoms with Gasteiger partial charge < -0.3 is 5.32 Å². The highest BCUT2D eigenvalue weighted by Gasteiger charge is 2.23. The Hall–Kier alpha value is -1.07. The number of sulfonamides is 1. The van der Waals surface area contributed by atoms with Gasteiger partial charge >= 0.3 is 0 Å². The maximum absolute atomic E-state index is 12.1. The first-order valence-corrected chi connectivity index (χ1v) is 8.76. The molecule has 1 aliphatic rings. The Balaban J connectivity index is 2.04. The Kier molecular flexibility index (Phi) is 4.39. The van der Waals surface area contributed by atoms with Gasteiger partial charge in [-0.3, -0.25) is 4.72 Å². The molecule has 112 valence electrons. The molecule has 0 bridgehead atoms. The van der Waals surface area contributed by atoms with Crippen molar-refractivity contribution in [3.05, 3.63) is 29.8 Å². The van der Waals surface area contributed by atoms with Gasteiger partial charge in [-0.2, -0.15) is 0 Å². The Bertz CT molecular complexity index is 557. The summed E-state index contributed by atoms with van der Waals surface area (Å²) in [5.74, 6) is 0.113. The molecule has 0 atom stereocenters. The fourth-order valence-corrected chi connectivity index (χ4v) is 3.13. The maximum atomic E-state index is 12.1. The van der Waals surface area contributed by atoms with Crippen molar-refractivity contribution in [3.63, 3.8) is 0 Å². The van der Waals surface area contributed by atoms with E-state index in [1.165, 1.54) is 12.8 Å². The first-order chi connectivity index (χ1) is 9.28. The lowest BCUT2D eigenvalue weighted by Crippen LogP contribution is -2.28. The predicted molar refractivity (Wildman–Crippen MR) is 83.6 cm³/mol. The molecule has 2 N–H and O–H groups in total. The second kappa shape index (κ2) is 5.74. The third kappa shape index (κ3) is 4.49. The Morgan fingerprint density at radius 1 is 1.20 bits per heavy atom. The van der Waals surface area contributed by atoms with Gasteiger partial charge in [0.25, 0.3) is 0 Å². The topological polar surface area (TPSA) is 58.2 Å². The summed E-state index contributed by atoms with van der Waals surface area (Å²) in [6.07, 6.45) is 2.33. The van der Waals surface area contributed by atoms with Crippen LogP contribution in [0.3, 0.4) is 0 Å². The van der Waals surface area contributed by atoms with Crippen molar-refractivity contribution in [2.24, 2.45) is 0 Å². The third-order valence-corrected chi connectivity index (χ3v) is 4.65. The van der Waals surface area contributed by atoms with Gasteiger partial charge in [0.1, 0.15) is 0 Å². The van der Waals surface area contributed by atoms with Crippen molar-refractivity contribution in [2.45, 2.75) is 45.1 Å². The number of para-hydroxylation sites is 1. The van der Waals surface area contributed by atoms with Crippen LogP contribution in [0.2, 0.25) is 0 Å². The van der Waals surface area contributed by atoms with Gasteiger partial charge in [-0.1, -0.05) is 39.0 Å². The Labute approximate surface area is 122 Å². The van der Waals surface area contributed by atoms with Crippen molar-refractivity contribution in [1.29, 1.82) is 0 Å².